The van der Waals surface area contributed by atoms with Crippen LogP contribution in [0.25, 0.3) is 11.0 Å². The Balaban J connectivity index is 1.62. The van der Waals surface area contributed by atoms with Gasteiger partial charge >= 0.3 is 0 Å². The minimum atomic E-state index is -0.137. The van der Waals surface area contributed by atoms with Crippen molar-refractivity contribution in [2.75, 3.05) is 5.32 Å². The fraction of sp³-hybridized carbons (Fsp3) is 0.0952. The minimum Gasteiger partial charge on any atom is -0.366 e. The summed E-state index contributed by atoms with van der Waals surface area (Å²) in [6.07, 6.45) is 1.58. The lowest BCUT2D eigenvalue weighted by Gasteiger charge is -2.09. The first-order valence-corrected chi connectivity index (χ1v) is 8.47. The van der Waals surface area contributed by atoms with Crippen LogP contribution in [0.1, 0.15) is 11.1 Å². The Morgan fingerprint density at radius 3 is 2.27 bits per heavy atom. The molecule has 0 atom stereocenters. The summed E-state index contributed by atoms with van der Waals surface area (Å²) in [4.78, 5) is 21.6. The van der Waals surface area contributed by atoms with Crippen LogP contribution in [0.5, 0.6) is 0 Å². The number of pyridine rings is 1. The molecule has 0 aliphatic rings. The van der Waals surface area contributed by atoms with Gasteiger partial charge in [0.05, 0.1) is 18.4 Å². The highest BCUT2D eigenvalue weighted by Gasteiger charge is 2.07. The summed E-state index contributed by atoms with van der Waals surface area (Å²) in [5.74, 6) is 0.665. The number of aromatic nitrogens is 3. The Bertz CT molecular complexity index is 1080. The van der Waals surface area contributed by atoms with Crippen molar-refractivity contribution < 1.29 is 0 Å². The van der Waals surface area contributed by atoms with Gasteiger partial charge in [0.2, 0.25) is 0 Å². The molecule has 5 nitrogen and oxygen atoms in total. The number of nitrogens with zero attached hydrogens (tertiary/aromatic N) is 3. The summed E-state index contributed by atoms with van der Waals surface area (Å²) in [6, 6.07) is 23.6. The number of nitrogens with one attached hydrogen (secondary N) is 1. The first-order chi connectivity index (χ1) is 12.8. The van der Waals surface area contributed by atoms with Crippen LogP contribution in [-0.4, -0.2) is 14.5 Å². The maximum Gasteiger partial charge on any atom is 0.280 e. The van der Waals surface area contributed by atoms with E-state index in [2.05, 4.69) is 15.3 Å². The van der Waals surface area contributed by atoms with Crippen molar-refractivity contribution in [3.05, 3.63) is 101 Å². The zero-order valence-electron chi connectivity index (χ0n) is 14.2. The van der Waals surface area contributed by atoms with Crippen LogP contribution < -0.4 is 10.9 Å². The van der Waals surface area contributed by atoms with Crippen LogP contribution in [0.3, 0.4) is 0 Å². The maximum atomic E-state index is 12.8. The van der Waals surface area contributed by atoms with Crippen LogP contribution in [0.15, 0.2) is 83.9 Å². The molecule has 2 aromatic heterocycles. The van der Waals surface area contributed by atoms with E-state index >= 15 is 0 Å². The van der Waals surface area contributed by atoms with E-state index in [0.29, 0.717) is 29.9 Å². The summed E-state index contributed by atoms with van der Waals surface area (Å²) >= 11 is 0. The molecule has 5 heteroatoms. The topological polar surface area (TPSA) is 59.8 Å². The van der Waals surface area contributed by atoms with E-state index in [-0.39, 0.29) is 5.56 Å². The second-order valence-corrected chi connectivity index (χ2v) is 6.07. The van der Waals surface area contributed by atoms with E-state index in [4.69, 9.17) is 0 Å². The molecule has 4 aromatic rings. The molecule has 0 radical (unpaired) electrons. The molecule has 0 unspecified atom stereocenters. The van der Waals surface area contributed by atoms with E-state index in [1.165, 1.54) is 0 Å². The third kappa shape index (κ3) is 3.47. The number of fused-ring (bicyclic) bond motifs is 1. The van der Waals surface area contributed by atoms with E-state index in [1.54, 1.807) is 10.9 Å². The van der Waals surface area contributed by atoms with Gasteiger partial charge in [0, 0.05) is 6.54 Å². The predicted molar refractivity (Wildman–Crippen MR) is 103 cm³/mol. The molecule has 4 rings (SSSR count). The first kappa shape index (κ1) is 16.0. The number of hydrogen-bond donors (Lipinski definition) is 1. The van der Waals surface area contributed by atoms with Crippen LogP contribution in [0, 0.1) is 0 Å². The fourth-order valence-corrected chi connectivity index (χ4v) is 2.81. The lowest BCUT2D eigenvalue weighted by atomic mass is 10.2. The van der Waals surface area contributed by atoms with Crippen molar-refractivity contribution >= 4 is 16.9 Å². The third-order valence-corrected chi connectivity index (χ3v) is 4.19. The van der Waals surface area contributed by atoms with Crippen LogP contribution >= 0.6 is 0 Å². The molecule has 0 spiro atoms. The lowest BCUT2D eigenvalue weighted by Crippen LogP contribution is -2.22. The Kier molecular flexibility index (Phi) is 4.43. The fourth-order valence-electron chi connectivity index (χ4n) is 2.81. The number of rotatable bonds is 5. The second-order valence-electron chi connectivity index (χ2n) is 6.07. The van der Waals surface area contributed by atoms with E-state index < -0.39 is 0 Å². The molecule has 26 heavy (non-hydrogen) atoms. The van der Waals surface area contributed by atoms with Crippen molar-refractivity contribution in [1.82, 2.24) is 14.5 Å². The standard InChI is InChI=1S/C21H18N4O/c26-21-20-18(23-15-25(21)14-17-9-5-2-6-10-17)11-12-19(24-20)22-13-16-7-3-1-4-8-16/h1-12,15H,13-14H2,(H,22,24). The minimum absolute atomic E-state index is 0.137. The van der Waals surface area contributed by atoms with Crippen LogP contribution in [0.4, 0.5) is 5.82 Å². The third-order valence-electron chi connectivity index (χ3n) is 4.19. The van der Waals surface area contributed by atoms with Gasteiger partial charge < -0.3 is 5.32 Å². The number of anilines is 1. The van der Waals surface area contributed by atoms with Gasteiger partial charge in [0.1, 0.15) is 5.82 Å². The molecule has 0 saturated heterocycles. The zero-order valence-corrected chi connectivity index (χ0v) is 14.2. The smallest absolute Gasteiger partial charge is 0.280 e. The summed E-state index contributed by atoms with van der Waals surface area (Å²) in [5, 5.41) is 3.26. The van der Waals surface area contributed by atoms with Crippen molar-refractivity contribution in [1.29, 1.82) is 0 Å². The molecule has 0 saturated carbocycles. The van der Waals surface area contributed by atoms with Gasteiger partial charge in [-0.15, -0.1) is 0 Å². The van der Waals surface area contributed by atoms with Crippen LogP contribution in [-0.2, 0) is 13.1 Å². The summed E-state index contributed by atoms with van der Waals surface area (Å²) in [6.45, 7) is 1.13. The van der Waals surface area contributed by atoms with Gasteiger partial charge in [0.25, 0.3) is 5.56 Å². The molecule has 2 aromatic carbocycles. The van der Waals surface area contributed by atoms with Gasteiger partial charge in [0.15, 0.2) is 5.52 Å². The molecular weight excluding hydrogens is 324 g/mol. The molecule has 128 valence electrons. The zero-order chi connectivity index (χ0) is 17.8. The SMILES string of the molecule is O=c1c2nc(NCc3ccccc3)ccc2ncn1Cc1ccccc1. The van der Waals surface area contributed by atoms with Gasteiger partial charge in [-0.2, -0.15) is 0 Å². The summed E-state index contributed by atoms with van der Waals surface area (Å²) in [7, 11) is 0. The van der Waals surface area contributed by atoms with Gasteiger partial charge in [-0.25, -0.2) is 9.97 Å². The van der Waals surface area contributed by atoms with Gasteiger partial charge in [-0.3, -0.25) is 9.36 Å². The monoisotopic (exact) mass is 342 g/mol. The maximum absolute atomic E-state index is 12.8. The Labute approximate surface area is 151 Å². The summed E-state index contributed by atoms with van der Waals surface area (Å²) < 4.78 is 1.59. The average molecular weight is 342 g/mol. The summed E-state index contributed by atoms with van der Waals surface area (Å²) in [5.41, 5.74) is 3.05. The van der Waals surface area contributed by atoms with Crippen molar-refractivity contribution in [3.63, 3.8) is 0 Å². The van der Waals surface area contributed by atoms with Crippen molar-refractivity contribution in [2.45, 2.75) is 13.1 Å². The molecule has 0 bridgehead atoms. The molecule has 0 aliphatic heterocycles. The van der Waals surface area contributed by atoms with E-state index in [0.717, 1.165) is 11.1 Å². The highest BCUT2D eigenvalue weighted by molar-refractivity contribution is 5.74. The van der Waals surface area contributed by atoms with Gasteiger partial charge in [-0.05, 0) is 23.3 Å². The highest BCUT2D eigenvalue weighted by Crippen LogP contribution is 2.11. The largest absolute Gasteiger partial charge is 0.366 e. The number of hydrogen-bond acceptors (Lipinski definition) is 4. The van der Waals surface area contributed by atoms with Gasteiger partial charge in [-0.1, -0.05) is 60.7 Å². The van der Waals surface area contributed by atoms with Crippen molar-refractivity contribution in [2.24, 2.45) is 0 Å². The average Bonchev–Trinajstić information content (AvgIpc) is 2.70. The van der Waals surface area contributed by atoms with E-state index in [9.17, 15) is 4.79 Å². The molecule has 2 heterocycles. The molecule has 0 aliphatic carbocycles. The Hall–Kier alpha value is -3.47. The second kappa shape index (κ2) is 7.19. The normalized spacial score (nSPS) is 10.8. The molecular formula is C21H18N4O. The predicted octanol–water partition coefficient (Wildman–Crippen LogP) is 3.45. The van der Waals surface area contributed by atoms with Crippen molar-refractivity contribution in [3.8, 4) is 0 Å². The lowest BCUT2D eigenvalue weighted by molar-refractivity contribution is 0.746. The Morgan fingerprint density at radius 2 is 1.54 bits per heavy atom. The molecule has 1 N–H and O–H groups in total. The molecule has 0 amide bonds. The first-order valence-electron chi connectivity index (χ1n) is 8.47. The van der Waals surface area contributed by atoms with E-state index in [1.807, 2.05) is 72.8 Å². The molecule has 0 fully saturated rings. The highest BCUT2D eigenvalue weighted by atomic mass is 16.1. The quantitative estimate of drug-likeness (QED) is 0.603. The number of benzene rings is 2. The van der Waals surface area contributed by atoms with Crippen LogP contribution in [0.2, 0.25) is 0 Å². The Morgan fingerprint density at radius 1 is 0.846 bits per heavy atom.